The van der Waals surface area contributed by atoms with E-state index in [0.29, 0.717) is 5.92 Å². The summed E-state index contributed by atoms with van der Waals surface area (Å²) in [6.45, 7) is 0. The second-order valence-electron chi connectivity index (χ2n) is 9.96. The molecule has 34 heavy (non-hydrogen) atoms. The number of hydrogen-bond acceptors (Lipinski definition) is 3. The molecule has 1 heterocycles. The molecule has 3 aliphatic rings. The highest BCUT2D eigenvalue weighted by molar-refractivity contribution is 6.01. The van der Waals surface area contributed by atoms with E-state index in [9.17, 15) is 4.79 Å². The molecule has 1 saturated carbocycles. The van der Waals surface area contributed by atoms with Crippen molar-refractivity contribution in [3.05, 3.63) is 83.4 Å². The molecule has 3 unspecified atom stereocenters. The van der Waals surface area contributed by atoms with Gasteiger partial charge in [0.1, 0.15) is 5.75 Å². The molecule has 6 rings (SSSR count). The fraction of sp³-hybridized carbons (Fsp3) is 0.367. The topological polar surface area (TPSA) is 50.4 Å². The van der Waals surface area contributed by atoms with Crippen molar-refractivity contribution in [2.75, 3.05) is 12.4 Å². The summed E-state index contributed by atoms with van der Waals surface area (Å²) in [7, 11) is 1.75. The maximum Gasteiger partial charge on any atom is 0.253 e. The molecular formula is C30H32N2O2. The Labute approximate surface area is 201 Å². The Morgan fingerprint density at radius 3 is 2.71 bits per heavy atom. The summed E-state index contributed by atoms with van der Waals surface area (Å²) in [5.74, 6) is 1.60. The quantitative estimate of drug-likeness (QED) is 0.431. The lowest BCUT2D eigenvalue weighted by atomic mass is 9.75. The molecule has 3 atom stereocenters. The molecule has 0 spiro atoms. The van der Waals surface area contributed by atoms with Gasteiger partial charge in [0.15, 0.2) is 0 Å². The van der Waals surface area contributed by atoms with Crippen LogP contribution in [0.1, 0.15) is 72.0 Å². The van der Waals surface area contributed by atoms with Crippen LogP contribution in [0.3, 0.4) is 0 Å². The van der Waals surface area contributed by atoms with Crippen molar-refractivity contribution in [2.24, 2.45) is 5.92 Å². The van der Waals surface area contributed by atoms with Crippen LogP contribution in [0.2, 0.25) is 0 Å². The number of allylic oxidation sites excluding steroid dienone is 2. The van der Waals surface area contributed by atoms with Gasteiger partial charge >= 0.3 is 0 Å². The molecule has 0 bridgehead atoms. The number of hydrogen-bond donors (Lipinski definition) is 2. The van der Waals surface area contributed by atoms with Crippen LogP contribution < -0.4 is 15.4 Å². The van der Waals surface area contributed by atoms with E-state index < -0.39 is 0 Å². The summed E-state index contributed by atoms with van der Waals surface area (Å²) in [6.07, 6.45) is 11.5. The third-order valence-electron chi connectivity index (χ3n) is 8.04. The number of carbonyl (C=O) groups excluding carboxylic acids is 1. The maximum atomic E-state index is 13.5. The number of ether oxygens (including phenoxy) is 1. The van der Waals surface area contributed by atoms with Gasteiger partial charge in [-0.3, -0.25) is 4.79 Å². The molecule has 0 saturated heterocycles. The number of fused-ring (bicyclic) bond motifs is 4. The number of benzene rings is 3. The van der Waals surface area contributed by atoms with Gasteiger partial charge in [-0.15, -0.1) is 0 Å². The average Bonchev–Trinajstić information content (AvgIpc) is 3.38. The molecular weight excluding hydrogens is 420 g/mol. The standard InChI is InChI=1S/C30H32N2O2/c1-34-26-18-17-19-9-5-6-12-21(19)27(26)29-24-15-7-13-22(24)23-14-8-16-25(28(23)32-29)30(33)31-20-10-3-2-4-11-20/h5-9,12-14,16-18,20,22,24,29,32H,2-4,10-11,15H2,1H3,(H,31,33). The fourth-order valence-corrected chi connectivity index (χ4v) is 6.38. The van der Waals surface area contributed by atoms with E-state index in [2.05, 4.69) is 65.3 Å². The number of rotatable bonds is 4. The van der Waals surface area contributed by atoms with Crippen LogP contribution in [0.4, 0.5) is 5.69 Å². The second kappa shape index (κ2) is 8.83. The molecule has 1 aliphatic heterocycles. The van der Waals surface area contributed by atoms with Gasteiger partial charge in [0.2, 0.25) is 0 Å². The molecule has 174 valence electrons. The van der Waals surface area contributed by atoms with Gasteiger partial charge in [-0.05, 0) is 53.6 Å². The number of carbonyl (C=O) groups is 1. The molecule has 2 N–H and O–H groups in total. The predicted octanol–water partition coefficient (Wildman–Crippen LogP) is 6.74. The van der Waals surface area contributed by atoms with Gasteiger partial charge in [-0.1, -0.05) is 73.9 Å². The molecule has 3 aromatic rings. The van der Waals surface area contributed by atoms with Gasteiger partial charge in [0, 0.05) is 17.5 Å². The summed E-state index contributed by atoms with van der Waals surface area (Å²) in [5, 5.41) is 9.60. The number of amides is 1. The number of nitrogens with one attached hydrogen (secondary N) is 2. The molecule has 3 aromatic carbocycles. The Balaban J connectivity index is 1.44. The van der Waals surface area contributed by atoms with Crippen molar-refractivity contribution >= 4 is 22.4 Å². The first-order valence-electron chi connectivity index (χ1n) is 12.7. The highest BCUT2D eigenvalue weighted by Crippen LogP contribution is 2.53. The second-order valence-corrected chi connectivity index (χ2v) is 9.96. The Morgan fingerprint density at radius 1 is 1.00 bits per heavy atom. The van der Waals surface area contributed by atoms with Crippen LogP contribution in [0.25, 0.3) is 10.8 Å². The molecule has 2 aliphatic carbocycles. The minimum atomic E-state index is 0.0420. The van der Waals surface area contributed by atoms with E-state index in [4.69, 9.17) is 4.74 Å². The zero-order chi connectivity index (χ0) is 23.1. The molecule has 4 nitrogen and oxygen atoms in total. The Hall–Kier alpha value is -3.27. The third kappa shape index (κ3) is 3.56. The zero-order valence-corrected chi connectivity index (χ0v) is 19.7. The number of anilines is 1. The van der Waals surface area contributed by atoms with E-state index in [1.807, 2.05) is 12.1 Å². The largest absolute Gasteiger partial charge is 0.496 e. The molecule has 4 heteroatoms. The normalized spacial score (nSPS) is 23.7. The fourth-order valence-electron chi connectivity index (χ4n) is 6.38. The summed E-state index contributed by atoms with van der Waals surface area (Å²) in [6, 6.07) is 19.3. The lowest BCUT2D eigenvalue weighted by molar-refractivity contribution is 0.0928. The van der Waals surface area contributed by atoms with E-state index in [1.54, 1.807) is 7.11 Å². The Morgan fingerprint density at radius 2 is 1.85 bits per heavy atom. The average molecular weight is 453 g/mol. The van der Waals surface area contributed by atoms with Crippen molar-refractivity contribution in [3.8, 4) is 5.75 Å². The van der Waals surface area contributed by atoms with Crippen LogP contribution in [-0.2, 0) is 0 Å². The Bertz CT molecular complexity index is 1260. The minimum absolute atomic E-state index is 0.0420. The van der Waals surface area contributed by atoms with Crippen LogP contribution in [0.5, 0.6) is 5.75 Å². The van der Waals surface area contributed by atoms with Crippen molar-refractivity contribution in [3.63, 3.8) is 0 Å². The van der Waals surface area contributed by atoms with Gasteiger partial charge in [0.25, 0.3) is 5.91 Å². The van der Waals surface area contributed by atoms with Gasteiger partial charge < -0.3 is 15.4 Å². The van der Waals surface area contributed by atoms with Crippen LogP contribution in [-0.4, -0.2) is 19.1 Å². The number of para-hydroxylation sites is 1. The first kappa shape index (κ1) is 21.3. The summed E-state index contributed by atoms with van der Waals surface area (Å²) in [4.78, 5) is 13.5. The van der Waals surface area contributed by atoms with E-state index in [0.717, 1.165) is 36.3 Å². The lowest BCUT2D eigenvalue weighted by Crippen LogP contribution is -2.37. The lowest BCUT2D eigenvalue weighted by Gasteiger charge is -2.39. The highest BCUT2D eigenvalue weighted by atomic mass is 16.5. The zero-order valence-electron chi connectivity index (χ0n) is 19.7. The van der Waals surface area contributed by atoms with Crippen molar-refractivity contribution in [2.45, 2.75) is 56.5 Å². The first-order chi connectivity index (χ1) is 16.7. The number of methoxy groups -OCH3 is 1. The van der Waals surface area contributed by atoms with Crippen LogP contribution >= 0.6 is 0 Å². The summed E-state index contributed by atoms with van der Waals surface area (Å²) < 4.78 is 5.88. The Kier molecular flexibility index (Phi) is 5.52. The van der Waals surface area contributed by atoms with Crippen molar-refractivity contribution in [1.82, 2.24) is 5.32 Å². The van der Waals surface area contributed by atoms with Crippen molar-refractivity contribution in [1.29, 1.82) is 0 Å². The SMILES string of the molecule is COc1ccc2ccccc2c1C1Nc2c(C(=O)NC3CCCCC3)cccc2C2C=CCC21. The molecule has 1 amide bonds. The van der Waals surface area contributed by atoms with Crippen LogP contribution in [0.15, 0.2) is 66.7 Å². The molecule has 0 radical (unpaired) electrons. The third-order valence-corrected chi connectivity index (χ3v) is 8.04. The van der Waals surface area contributed by atoms with E-state index in [1.165, 1.54) is 41.2 Å². The van der Waals surface area contributed by atoms with Crippen LogP contribution in [0, 0.1) is 5.92 Å². The predicted molar refractivity (Wildman–Crippen MR) is 138 cm³/mol. The van der Waals surface area contributed by atoms with E-state index >= 15 is 0 Å². The minimum Gasteiger partial charge on any atom is -0.496 e. The maximum absolute atomic E-state index is 13.5. The van der Waals surface area contributed by atoms with Gasteiger partial charge in [0.05, 0.1) is 24.4 Å². The smallest absolute Gasteiger partial charge is 0.253 e. The first-order valence-corrected chi connectivity index (χ1v) is 12.7. The summed E-state index contributed by atoms with van der Waals surface area (Å²) >= 11 is 0. The highest BCUT2D eigenvalue weighted by Gasteiger charge is 2.41. The monoisotopic (exact) mass is 452 g/mol. The van der Waals surface area contributed by atoms with Gasteiger partial charge in [-0.2, -0.15) is 0 Å². The molecule has 0 aromatic heterocycles. The van der Waals surface area contributed by atoms with Crippen molar-refractivity contribution < 1.29 is 9.53 Å². The summed E-state index contributed by atoms with van der Waals surface area (Å²) in [5.41, 5.74) is 4.15. The molecule has 1 fully saturated rings. The van der Waals surface area contributed by atoms with E-state index in [-0.39, 0.29) is 23.9 Å². The van der Waals surface area contributed by atoms with Gasteiger partial charge in [-0.25, -0.2) is 0 Å².